The molecule has 1 fully saturated rings. The van der Waals surface area contributed by atoms with E-state index in [2.05, 4.69) is 17.2 Å². The van der Waals surface area contributed by atoms with Gasteiger partial charge >= 0.3 is 0 Å². The summed E-state index contributed by atoms with van der Waals surface area (Å²) in [6.45, 7) is 3.35. The molecule has 1 aliphatic heterocycles. The van der Waals surface area contributed by atoms with Crippen molar-refractivity contribution >= 4 is 17.2 Å². The monoisotopic (exact) mass is 279 g/mol. The third kappa shape index (κ3) is 3.80. The summed E-state index contributed by atoms with van der Waals surface area (Å²) in [5, 5.41) is 11.6. The summed E-state index contributed by atoms with van der Waals surface area (Å²) in [5.41, 5.74) is 0. The Morgan fingerprint density at radius 1 is 1.68 bits per heavy atom. The van der Waals surface area contributed by atoms with Crippen LogP contribution >= 0.6 is 11.3 Å². The molecule has 2 heterocycles. The Morgan fingerprint density at radius 3 is 3.21 bits per heavy atom. The minimum absolute atomic E-state index is 0.0681. The first-order valence-electron chi connectivity index (χ1n) is 6.29. The van der Waals surface area contributed by atoms with Gasteiger partial charge in [0.05, 0.1) is 16.4 Å². The van der Waals surface area contributed by atoms with E-state index in [0.717, 1.165) is 24.5 Å². The highest BCUT2D eigenvalue weighted by Gasteiger charge is 2.24. The summed E-state index contributed by atoms with van der Waals surface area (Å²) in [4.78, 5) is 13.5. The molecular weight excluding hydrogens is 262 g/mol. The molecule has 0 saturated carbocycles. The molecule has 1 amide bonds. The van der Waals surface area contributed by atoms with Crippen molar-refractivity contribution in [1.82, 2.24) is 5.32 Å². The third-order valence-corrected chi connectivity index (χ3v) is 4.15. The van der Waals surface area contributed by atoms with Crippen molar-refractivity contribution in [2.75, 3.05) is 19.8 Å². The molecular formula is C14H17NO3S. The lowest BCUT2D eigenvalue weighted by Crippen LogP contribution is -2.38. The maximum atomic E-state index is 12.1. The summed E-state index contributed by atoms with van der Waals surface area (Å²) in [6.07, 6.45) is 0.999. The number of aliphatic hydroxyl groups is 1. The molecule has 2 atom stereocenters. The molecule has 2 unspecified atom stereocenters. The zero-order chi connectivity index (χ0) is 13.7. The highest BCUT2D eigenvalue weighted by molar-refractivity contribution is 7.14. The van der Waals surface area contributed by atoms with Crippen molar-refractivity contribution in [3.8, 4) is 11.8 Å². The molecule has 5 heteroatoms. The van der Waals surface area contributed by atoms with Crippen LogP contribution in [-0.2, 0) is 4.74 Å². The summed E-state index contributed by atoms with van der Waals surface area (Å²) in [7, 11) is 0. The van der Waals surface area contributed by atoms with E-state index in [-0.39, 0.29) is 18.6 Å². The van der Waals surface area contributed by atoms with Crippen molar-refractivity contribution in [3.63, 3.8) is 0 Å². The number of ether oxygens (including phenoxy) is 1. The topological polar surface area (TPSA) is 58.6 Å². The fourth-order valence-electron chi connectivity index (χ4n) is 2.00. The second-order valence-corrected chi connectivity index (χ2v) is 5.59. The number of rotatable bonds is 3. The van der Waals surface area contributed by atoms with Crippen molar-refractivity contribution in [1.29, 1.82) is 0 Å². The number of hydrogen-bond donors (Lipinski definition) is 2. The van der Waals surface area contributed by atoms with Crippen molar-refractivity contribution in [2.24, 2.45) is 5.92 Å². The van der Waals surface area contributed by atoms with Gasteiger partial charge in [0.1, 0.15) is 6.61 Å². The summed E-state index contributed by atoms with van der Waals surface area (Å²) < 4.78 is 5.32. The second-order valence-electron chi connectivity index (χ2n) is 4.51. The largest absolute Gasteiger partial charge is 0.384 e. The van der Waals surface area contributed by atoms with E-state index in [1.165, 1.54) is 11.3 Å². The number of carbonyl (C=O) groups is 1. The van der Waals surface area contributed by atoms with Gasteiger partial charge in [0.25, 0.3) is 5.91 Å². The Balaban J connectivity index is 1.93. The van der Waals surface area contributed by atoms with Gasteiger partial charge in [-0.2, -0.15) is 0 Å². The molecule has 4 nitrogen and oxygen atoms in total. The summed E-state index contributed by atoms with van der Waals surface area (Å²) >= 11 is 1.34. The van der Waals surface area contributed by atoms with Gasteiger partial charge in [-0.1, -0.05) is 11.8 Å². The number of nitrogens with one attached hydrogen (secondary N) is 1. The Labute approximate surface area is 116 Å². The maximum Gasteiger partial charge on any atom is 0.261 e. The number of thiophene rings is 1. The van der Waals surface area contributed by atoms with E-state index in [1.807, 2.05) is 6.92 Å². The molecule has 0 spiro atoms. The highest BCUT2D eigenvalue weighted by Crippen LogP contribution is 2.19. The molecule has 1 aliphatic rings. The molecule has 0 bridgehead atoms. The van der Waals surface area contributed by atoms with Gasteiger partial charge in [-0.05, 0) is 25.5 Å². The lowest BCUT2D eigenvalue weighted by atomic mass is 10.0. The van der Waals surface area contributed by atoms with Gasteiger partial charge in [0, 0.05) is 18.6 Å². The van der Waals surface area contributed by atoms with Crippen molar-refractivity contribution in [2.45, 2.75) is 19.4 Å². The lowest BCUT2D eigenvalue weighted by Gasteiger charge is -2.18. The fraction of sp³-hybridized carbons (Fsp3) is 0.500. The molecule has 1 aromatic heterocycles. The van der Waals surface area contributed by atoms with Crippen LogP contribution in [-0.4, -0.2) is 36.9 Å². The Kier molecular flexibility index (Phi) is 4.97. The molecule has 1 aromatic rings. The predicted molar refractivity (Wildman–Crippen MR) is 74.1 cm³/mol. The Hall–Kier alpha value is -1.35. The van der Waals surface area contributed by atoms with Crippen LogP contribution in [0.1, 0.15) is 27.9 Å². The van der Waals surface area contributed by atoms with Gasteiger partial charge in [-0.3, -0.25) is 4.79 Å². The van der Waals surface area contributed by atoms with Gasteiger partial charge in [0.15, 0.2) is 0 Å². The van der Waals surface area contributed by atoms with Gasteiger partial charge < -0.3 is 15.2 Å². The van der Waals surface area contributed by atoms with Gasteiger partial charge in [-0.15, -0.1) is 11.3 Å². The number of carbonyl (C=O) groups excluding carboxylic acids is 1. The fourth-order valence-corrected chi connectivity index (χ4v) is 2.78. The average molecular weight is 279 g/mol. The standard InChI is InChI=1S/C14H17NO3S/c1-10(11-6-8-18-9-11)15-14(17)13-5-4-12(19-13)3-2-7-16/h4-5,10-11,16H,6-9H2,1H3,(H,15,17). The van der Waals surface area contributed by atoms with E-state index in [1.54, 1.807) is 12.1 Å². The van der Waals surface area contributed by atoms with Crippen molar-refractivity contribution in [3.05, 3.63) is 21.9 Å². The van der Waals surface area contributed by atoms with Crippen LogP contribution in [0.25, 0.3) is 0 Å². The average Bonchev–Trinajstić information content (AvgIpc) is 3.07. The molecule has 0 aromatic carbocycles. The van der Waals surface area contributed by atoms with E-state index < -0.39 is 0 Å². The molecule has 2 N–H and O–H groups in total. The molecule has 102 valence electrons. The van der Waals surface area contributed by atoms with Gasteiger partial charge in [0.2, 0.25) is 0 Å². The molecule has 2 rings (SSSR count). The smallest absolute Gasteiger partial charge is 0.261 e. The summed E-state index contributed by atoms with van der Waals surface area (Å²) in [6, 6.07) is 3.68. The minimum atomic E-state index is -0.169. The van der Waals surface area contributed by atoms with Crippen LogP contribution in [0.15, 0.2) is 12.1 Å². The first-order chi connectivity index (χ1) is 9.20. The zero-order valence-electron chi connectivity index (χ0n) is 10.8. The van der Waals surface area contributed by atoms with Crippen LogP contribution < -0.4 is 5.32 Å². The number of amides is 1. The molecule has 19 heavy (non-hydrogen) atoms. The lowest BCUT2D eigenvalue weighted by molar-refractivity contribution is 0.0926. The van der Waals surface area contributed by atoms with E-state index in [4.69, 9.17) is 9.84 Å². The molecule has 0 aliphatic carbocycles. The Bertz CT molecular complexity index is 494. The van der Waals surface area contributed by atoms with Crippen LogP contribution in [0.5, 0.6) is 0 Å². The first-order valence-corrected chi connectivity index (χ1v) is 7.10. The highest BCUT2D eigenvalue weighted by atomic mass is 32.1. The first kappa shape index (κ1) is 14.1. The zero-order valence-corrected chi connectivity index (χ0v) is 11.6. The summed E-state index contributed by atoms with van der Waals surface area (Å²) in [5.74, 6) is 5.70. The SMILES string of the molecule is CC(NC(=O)c1ccc(C#CCO)s1)C1CCOC1. The van der Waals surface area contributed by atoms with Crippen LogP contribution in [0.2, 0.25) is 0 Å². The molecule has 1 saturated heterocycles. The van der Waals surface area contributed by atoms with E-state index in [9.17, 15) is 4.79 Å². The molecule has 0 radical (unpaired) electrons. The Morgan fingerprint density at radius 2 is 2.53 bits per heavy atom. The van der Waals surface area contributed by atoms with Crippen LogP contribution in [0, 0.1) is 17.8 Å². The predicted octanol–water partition coefficient (Wildman–Crippen LogP) is 1.25. The normalized spacial score (nSPS) is 19.6. The second kappa shape index (κ2) is 6.71. The quantitative estimate of drug-likeness (QED) is 0.819. The van der Waals surface area contributed by atoms with E-state index in [0.29, 0.717) is 10.8 Å². The number of hydrogen-bond acceptors (Lipinski definition) is 4. The number of aliphatic hydroxyl groups excluding tert-OH is 1. The maximum absolute atomic E-state index is 12.1. The van der Waals surface area contributed by atoms with Gasteiger partial charge in [-0.25, -0.2) is 0 Å². The van der Waals surface area contributed by atoms with Crippen molar-refractivity contribution < 1.29 is 14.6 Å². The van der Waals surface area contributed by atoms with Crippen LogP contribution in [0.4, 0.5) is 0 Å². The van der Waals surface area contributed by atoms with Crippen LogP contribution in [0.3, 0.4) is 0 Å². The van der Waals surface area contributed by atoms with E-state index >= 15 is 0 Å². The third-order valence-electron chi connectivity index (χ3n) is 3.15. The minimum Gasteiger partial charge on any atom is -0.384 e.